The number of nitrogens with two attached hydrogens (primary N) is 1. The molecule has 3 aromatic rings. The van der Waals surface area contributed by atoms with Gasteiger partial charge >= 0.3 is 5.97 Å². The van der Waals surface area contributed by atoms with Gasteiger partial charge in [0.1, 0.15) is 0 Å². The Kier molecular flexibility index (Phi) is 5.66. The van der Waals surface area contributed by atoms with E-state index in [1.165, 1.54) is 10.6 Å². The Morgan fingerprint density at radius 1 is 1.21 bits per heavy atom. The summed E-state index contributed by atoms with van der Waals surface area (Å²) in [6, 6.07) is 2.92. The fraction of sp³-hybridized carbons (Fsp3) is 0.278. The number of hydrogen-bond donors (Lipinski definition) is 2. The molecule has 0 radical (unpaired) electrons. The van der Waals surface area contributed by atoms with Crippen molar-refractivity contribution < 1.29 is 23.1 Å². The van der Waals surface area contributed by atoms with Gasteiger partial charge in [0.2, 0.25) is 5.95 Å². The van der Waals surface area contributed by atoms with Crippen LogP contribution in [-0.4, -0.2) is 38.1 Å². The first-order valence-corrected chi connectivity index (χ1v) is 8.63. The van der Waals surface area contributed by atoms with Crippen LogP contribution in [0.5, 0.6) is 0 Å². The van der Waals surface area contributed by atoms with Crippen LogP contribution in [0.3, 0.4) is 0 Å². The van der Waals surface area contributed by atoms with E-state index in [9.17, 15) is 18.4 Å². The summed E-state index contributed by atoms with van der Waals surface area (Å²) in [5.41, 5.74) is 7.88. The van der Waals surface area contributed by atoms with Crippen LogP contribution in [0, 0.1) is 25.5 Å². The van der Waals surface area contributed by atoms with Gasteiger partial charge in [0.15, 0.2) is 18.2 Å². The van der Waals surface area contributed by atoms with Gasteiger partial charge < -0.3 is 15.8 Å². The number of fused-ring (bicyclic) bond motifs is 1. The molecule has 0 aliphatic rings. The Morgan fingerprint density at radius 3 is 2.69 bits per heavy atom. The predicted octanol–water partition coefficient (Wildman–Crippen LogP) is 1.72. The molecule has 29 heavy (non-hydrogen) atoms. The van der Waals surface area contributed by atoms with E-state index in [4.69, 9.17) is 10.5 Å². The summed E-state index contributed by atoms with van der Waals surface area (Å²) in [7, 11) is 0. The Bertz CT molecular complexity index is 1100. The molecule has 152 valence electrons. The second kappa shape index (κ2) is 8.17. The smallest absolute Gasteiger partial charge is 0.306 e. The molecule has 9 nitrogen and oxygen atoms in total. The predicted molar refractivity (Wildman–Crippen MR) is 98.9 cm³/mol. The largest absolute Gasteiger partial charge is 0.456 e. The van der Waals surface area contributed by atoms with Crippen LogP contribution < -0.4 is 11.1 Å². The zero-order valence-electron chi connectivity index (χ0n) is 15.7. The summed E-state index contributed by atoms with van der Waals surface area (Å²) in [5, 5.41) is 6.37. The second-order valence-electron chi connectivity index (χ2n) is 6.28. The van der Waals surface area contributed by atoms with Gasteiger partial charge in [-0.25, -0.2) is 13.8 Å². The Labute approximate surface area is 163 Å². The minimum absolute atomic E-state index is 0.0114. The first-order valence-electron chi connectivity index (χ1n) is 8.63. The lowest BCUT2D eigenvalue weighted by atomic mass is 10.1. The van der Waals surface area contributed by atoms with E-state index >= 15 is 0 Å². The molecule has 1 amide bonds. The summed E-state index contributed by atoms with van der Waals surface area (Å²) in [5.74, 6) is -2.91. The molecule has 0 saturated heterocycles. The highest BCUT2D eigenvalue weighted by molar-refractivity contribution is 5.92. The molecule has 11 heteroatoms. The zero-order valence-corrected chi connectivity index (χ0v) is 15.7. The highest BCUT2D eigenvalue weighted by atomic mass is 19.2. The molecule has 1 aromatic carbocycles. The molecule has 0 aliphatic heterocycles. The fourth-order valence-electron chi connectivity index (χ4n) is 2.80. The number of amides is 1. The summed E-state index contributed by atoms with van der Waals surface area (Å²) in [4.78, 5) is 32.1. The molecule has 0 aliphatic carbocycles. The van der Waals surface area contributed by atoms with Crippen molar-refractivity contribution in [2.45, 2.75) is 26.7 Å². The standard InChI is InChI=1S/C18H18F2N6O3/c1-9-12(10(2)26-18(22-9)24-17(21)25-26)4-6-16(28)29-8-15(27)23-11-3-5-13(19)14(20)7-11/h3,5,7H,4,6,8H2,1-2H3,(H2,21,25)(H,23,27). The van der Waals surface area contributed by atoms with Crippen LogP contribution in [0.4, 0.5) is 20.4 Å². The summed E-state index contributed by atoms with van der Waals surface area (Å²) >= 11 is 0. The van der Waals surface area contributed by atoms with Gasteiger partial charge in [0, 0.05) is 29.6 Å². The molecule has 3 N–H and O–H groups in total. The number of halogens is 2. The minimum atomic E-state index is -1.09. The summed E-state index contributed by atoms with van der Waals surface area (Å²) in [6.45, 7) is 3.05. The van der Waals surface area contributed by atoms with Crippen molar-refractivity contribution in [3.63, 3.8) is 0 Å². The Balaban J connectivity index is 1.54. The topological polar surface area (TPSA) is 124 Å². The van der Waals surface area contributed by atoms with E-state index in [0.717, 1.165) is 23.4 Å². The van der Waals surface area contributed by atoms with E-state index in [-0.39, 0.29) is 18.1 Å². The maximum Gasteiger partial charge on any atom is 0.306 e. The van der Waals surface area contributed by atoms with Gasteiger partial charge in [-0.1, -0.05) is 0 Å². The third kappa shape index (κ3) is 4.62. The minimum Gasteiger partial charge on any atom is -0.456 e. The van der Waals surface area contributed by atoms with Gasteiger partial charge in [-0.05, 0) is 38.0 Å². The fourth-order valence-corrected chi connectivity index (χ4v) is 2.80. The third-order valence-electron chi connectivity index (χ3n) is 4.21. The number of ether oxygens (including phenoxy) is 1. The van der Waals surface area contributed by atoms with Crippen molar-refractivity contribution in [3.8, 4) is 0 Å². The molecular formula is C18H18F2N6O3. The number of nitrogens with zero attached hydrogens (tertiary/aromatic N) is 4. The lowest BCUT2D eigenvalue weighted by Crippen LogP contribution is -2.21. The average molecular weight is 404 g/mol. The SMILES string of the molecule is Cc1nc2nc(N)nn2c(C)c1CCC(=O)OCC(=O)Nc1ccc(F)c(F)c1. The first kappa shape index (κ1) is 20.1. The molecule has 2 aromatic heterocycles. The molecule has 0 unspecified atom stereocenters. The maximum atomic E-state index is 13.1. The summed E-state index contributed by atoms with van der Waals surface area (Å²) in [6.07, 6.45) is 0.335. The Hall–Kier alpha value is -3.63. The highest BCUT2D eigenvalue weighted by Crippen LogP contribution is 2.16. The number of nitrogen functional groups attached to an aromatic ring is 1. The molecule has 0 fully saturated rings. The third-order valence-corrected chi connectivity index (χ3v) is 4.21. The van der Waals surface area contributed by atoms with Crippen LogP contribution in [-0.2, 0) is 20.7 Å². The maximum absolute atomic E-state index is 13.1. The number of nitrogens with one attached hydrogen (secondary N) is 1. The Morgan fingerprint density at radius 2 is 1.97 bits per heavy atom. The lowest BCUT2D eigenvalue weighted by Gasteiger charge is -2.10. The van der Waals surface area contributed by atoms with E-state index < -0.39 is 30.1 Å². The quantitative estimate of drug-likeness (QED) is 0.599. The van der Waals surface area contributed by atoms with Crippen LogP contribution in [0.2, 0.25) is 0 Å². The van der Waals surface area contributed by atoms with Gasteiger partial charge in [-0.3, -0.25) is 9.59 Å². The number of aromatic nitrogens is 4. The van der Waals surface area contributed by atoms with Gasteiger partial charge in [0.05, 0.1) is 0 Å². The monoisotopic (exact) mass is 404 g/mol. The normalized spacial score (nSPS) is 10.9. The molecule has 0 bridgehead atoms. The van der Waals surface area contributed by atoms with Crippen molar-refractivity contribution in [1.29, 1.82) is 0 Å². The van der Waals surface area contributed by atoms with Crippen molar-refractivity contribution in [2.75, 3.05) is 17.7 Å². The number of carbonyl (C=O) groups excluding carboxylic acids is 2. The number of aryl methyl sites for hydroxylation is 2. The van der Waals surface area contributed by atoms with E-state index in [1.54, 1.807) is 6.92 Å². The molecule has 0 spiro atoms. The summed E-state index contributed by atoms with van der Waals surface area (Å²) < 4.78 is 32.4. The molecular weight excluding hydrogens is 386 g/mol. The van der Waals surface area contributed by atoms with E-state index in [1.807, 2.05) is 6.92 Å². The molecule has 0 atom stereocenters. The first-order chi connectivity index (χ1) is 13.7. The van der Waals surface area contributed by atoms with Crippen LogP contribution in [0.25, 0.3) is 5.78 Å². The second-order valence-corrected chi connectivity index (χ2v) is 6.28. The van der Waals surface area contributed by atoms with Crippen molar-refractivity contribution in [3.05, 3.63) is 46.8 Å². The number of rotatable bonds is 6. The van der Waals surface area contributed by atoms with Gasteiger partial charge in [-0.15, -0.1) is 5.10 Å². The molecule has 3 rings (SSSR count). The molecule has 0 saturated carbocycles. The van der Waals surface area contributed by atoms with Crippen LogP contribution in [0.1, 0.15) is 23.4 Å². The number of anilines is 2. The number of hydrogen-bond acceptors (Lipinski definition) is 7. The average Bonchev–Trinajstić information content (AvgIpc) is 3.03. The van der Waals surface area contributed by atoms with Gasteiger partial charge in [-0.2, -0.15) is 9.50 Å². The van der Waals surface area contributed by atoms with Crippen molar-refractivity contribution in [2.24, 2.45) is 0 Å². The molecule has 2 heterocycles. The highest BCUT2D eigenvalue weighted by Gasteiger charge is 2.15. The van der Waals surface area contributed by atoms with E-state index in [2.05, 4.69) is 20.4 Å². The van der Waals surface area contributed by atoms with Gasteiger partial charge in [0.25, 0.3) is 11.7 Å². The zero-order chi connectivity index (χ0) is 21.1. The number of carbonyl (C=O) groups is 2. The van der Waals surface area contributed by atoms with Crippen molar-refractivity contribution in [1.82, 2.24) is 19.6 Å². The number of benzene rings is 1. The van der Waals surface area contributed by atoms with Crippen LogP contribution >= 0.6 is 0 Å². The van der Waals surface area contributed by atoms with Crippen molar-refractivity contribution >= 4 is 29.3 Å². The van der Waals surface area contributed by atoms with E-state index in [0.29, 0.717) is 17.9 Å². The number of esters is 1. The lowest BCUT2D eigenvalue weighted by molar-refractivity contribution is -0.147. The van der Waals surface area contributed by atoms with Crippen LogP contribution in [0.15, 0.2) is 18.2 Å².